The second-order valence-corrected chi connectivity index (χ2v) is 6.31. The van der Waals surface area contributed by atoms with Crippen molar-refractivity contribution >= 4 is 17.2 Å². The number of fused-ring (bicyclic) bond motifs is 1. The molecule has 3 aromatic rings. The lowest BCUT2D eigenvalue weighted by atomic mass is 9.96. The summed E-state index contributed by atoms with van der Waals surface area (Å²) in [4.78, 5) is 13.8. The second kappa shape index (κ2) is 6.41. The fourth-order valence-electron chi connectivity index (χ4n) is 3.47. The van der Waals surface area contributed by atoms with E-state index in [1.165, 1.54) is 12.3 Å². The Balaban J connectivity index is 1.77. The standard InChI is InChI=1S/C20H17F2NO2/c21-15-9-16-19(14(11-24)10-23-16)20(22)18(15)13-6-4-12(5-7-13)17-3-1-2-8-25-17/h4-7,9-11,17,23H,1-3,8H2. The maximum absolute atomic E-state index is 14.9. The van der Waals surface area contributed by atoms with Gasteiger partial charge in [0, 0.05) is 23.8 Å². The molecule has 1 aromatic heterocycles. The van der Waals surface area contributed by atoms with Gasteiger partial charge < -0.3 is 9.72 Å². The molecule has 0 amide bonds. The topological polar surface area (TPSA) is 42.1 Å². The number of aromatic nitrogens is 1. The summed E-state index contributed by atoms with van der Waals surface area (Å²) in [5, 5.41) is 0.117. The Kier molecular flexibility index (Phi) is 4.09. The van der Waals surface area contributed by atoms with Crippen LogP contribution in [0.3, 0.4) is 0 Å². The largest absolute Gasteiger partial charge is 0.374 e. The maximum atomic E-state index is 14.9. The van der Waals surface area contributed by atoms with Gasteiger partial charge in [-0.3, -0.25) is 4.79 Å². The molecule has 2 aromatic carbocycles. The number of rotatable bonds is 3. The van der Waals surface area contributed by atoms with Crippen LogP contribution < -0.4 is 0 Å². The smallest absolute Gasteiger partial charge is 0.152 e. The van der Waals surface area contributed by atoms with E-state index in [9.17, 15) is 13.6 Å². The van der Waals surface area contributed by atoms with E-state index in [-0.39, 0.29) is 28.1 Å². The molecule has 2 heterocycles. The monoisotopic (exact) mass is 341 g/mol. The van der Waals surface area contributed by atoms with Crippen molar-refractivity contribution < 1.29 is 18.3 Å². The minimum atomic E-state index is -0.722. The van der Waals surface area contributed by atoms with Gasteiger partial charge in [-0.2, -0.15) is 0 Å². The molecule has 1 fully saturated rings. The van der Waals surface area contributed by atoms with Crippen LogP contribution in [0.5, 0.6) is 0 Å². The molecule has 5 heteroatoms. The van der Waals surface area contributed by atoms with E-state index in [1.807, 2.05) is 12.1 Å². The second-order valence-electron chi connectivity index (χ2n) is 6.31. The fraction of sp³-hybridized carbons (Fsp3) is 0.250. The number of carbonyl (C=O) groups excluding carboxylic acids is 1. The van der Waals surface area contributed by atoms with Crippen molar-refractivity contribution in [2.45, 2.75) is 25.4 Å². The molecule has 4 rings (SSSR count). The van der Waals surface area contributed by atoms with Crippen LogP contribution in [0.15, 0.2) is 36.5 Å². The summed E-state index contributed by atoms with van der Waals surface area (Å²) >= 11 is 0. The highest BCUT2D eigenvalue weighted by Crippen LogP contribution is 2.34. The normalized spacial score (nSPS) is 17.8. The molecule has 3 nitrogen and oxygen atoms in total. The molecule has 25 heavy (non-hydrogen) atoms. The predicted molar refractivity (Wildman–Crippen MR) is 91.6 cm³/mol. The zero-order valence-corrected chi connectivity index (χ0v) is 13.5. The minimum absolute atomic E-state index is 0.0475. The van der Waals surface area contributed by atoms with Crippen molar-refractivity contribution in [2.24, 2.45) is 0 Å². The number of H-pyrrole nitrogens is 1. The Labute approximate surface area is 143 Å². The average molecular weight is 341 g/mol. The predicted octanol–water partition coefficient (Wildman–Crippen LogP) is 5.17. The van der Waals surface area contributed by atoms with Gasteiger partial charge in [0.25, 0.3) is 0 Å². The summed E-state index contributed by atoms with van der Waals surface area (Å²) in [5.41, 5.74) is 1.79. The molecule has 1 unspecified atom stereocenters. The number of hydrogen-bond donors (Lipinski definition) is 1. The molecule has 1 N–H and O–H groups in total. The van der Waals surface area contributed by atoms with E-state index in [0.29, 0.717) is 11.8 Å². The molecule has 1 atom stereocenters. The number of nitrogens with one attached hydrogen (secondary N) is 1. The first-order valence-electron chi connectivity index (χ1n) is 8.35. The summed E-state index contributed by atoms with van der Waals surface area (Å²) in [6.45, 7) is 0.744. The molecule has 1 aliphatic rings. The van der Waals surface area contributed by atoms with Gasteiger partial charge in [0.1, 0.15) is 11.6 Å². The van der Waals surface area contributed by atoms with Crippen LogP contribution in [0.2, 0.25) is 0 Å². The lowest BCUT2D eigenvalue weighted by Crippen LogP contribution is -2.11. The van der Waals surface area contributed by atoms with Gasteiger partial charge in [-0.15, -0.1) is 0 Å². The zero-order valence-electron chi connectivity index (χ0n) is 13.5. The van der Waals surface area contributed by atoms with Gasteiger partial charge in [0.05, 0.1) is 17.2 Å². The Hall–Kier alpha value is -2.53. The highest BCUT2D eigenvalue weighted by atomic mass is 19.1. The first-order valence-corrected chi connectivity index (χ1v) is 8.35. The number of ether oxygens (including phenoxy) is 1. The molecule has 0 radical (unpaired) electrons. The van der Waals surface area contributed by atoms with Crippen LogP contribution in [-0.4, -0.2) is 17.9 Å². The first kappa shape index (κ1) is 16.0. The van der Waals surface area contributed by atoms with Gasteiger partial charge in [0.2, 0.25) is 0 Å². The fourth-order valence-corrected chi connectivity index (χ4v) is 3.47. The Morgan fingerprint density at radius 3 is 2.64 bits per heavy atom. The van der Waals surface area contributed by atoms with Crippen molar-refractivity contribution in [3.63, 3.8) is 0 Å². The van der Waals surface area contributed by atoms with Gasteiger partial charge in [-0.05, 0) is 36.5 Å². The summed E-state index contributed by atoms with van der Waals surface area (Å²) in [5.74, 6) is -1.38. The van der Waals surface area contributed by atoms with Crippen molar-refractivity contribution in [3.05, 3.63) is 59.3 Å². The number of aldehydes is 1. The third-order valence-electron chi connectivity index (χ3n) is 4.77. The number of carbonyl (C=O) groups is 1. The van der Waals surface area contributed by atoms with Crippen LogP contribution in [0.4, 0.5) is 8.78 Å². The molecule has 128 valence electrons. The van der Waals surface area contributed by atoms with E-state index < -0.39 is 11.6 Å². The Morgan fingerprint density at radius 2 is 1.96 bits per heavy atom. The third-order valence-corrected chi connectivity index (χ3v) is 4.77. The maximum Gasteiger partial charge on any atom is 0.152 e. The van der Waals surface area contributed by atoms with Gasteiger partial charge in [-0.25, -0.2) is 8.78 Å². The van der Waals surface area contributed by atoms with E-state index in [0.717, 1.165) is 31.4 Å². The van der Waals surface area contributed by atoms with Gasteiger partial charge >= 0.3 is 0 Å². The average Bonchev–Trinajstić information content (AvgIpc) is 3.06. The van der Waals surface area contributed by atoms with Gasteiger partial charge in [-0.1, -0.05) is 24.3 Å². The van der Waals surface area contributed by atoms with Gasteiger partial charge in [0.15, 0.2) is 6.29 Å². The molecule has 0 spiro atoms. The summed E-state index contributed by atoms with van der Waals surface area (Å²) in [7, 11) is 0. The molecule has 1 saturated heterocycles. The number of benzene rings is 2. The lowest BCUT2D eigenvalue weighted by molar-refractivity contribution is 0.0149. The molecule has 0 saturated carbocycles. The Morgan fingerprint density at radius 1 is 1.16 bits per heavy atom. The van der Waals surface area contributed by atoms with Crippen molar-refractivity contribution in [1.82, 2.24) is 4.98 Å². The Bertz CT molecular complexity index is 925. The SMILES string of the molecule is O=Cc1c[nH]c2cc(F)c(-c3ccc(C4CCCCO4)cc3)c(F)c12. The van der Waals surface area contributed by atoms with Crippen LogP contribution >= 0.6 is 0 Å². The molecule has 0 aliphatic carbocycles. The summed E-state index contributed by atoms with van der Waals surface area (Å²) in [6.07, 6.45) is 5.14. The number of hydrogen-bond acceptors (Lipinski definition) is 2. The molecule has 0 bridgehead atoms. The minimum Gasteiger partial charge on any atom is -0.374 e. The third kappa shape index (κ3) is 2.74. The first-order chi connectivity index (χ1) is 12.2. The molecule has 1 aliphatic heterocycles. The van der Waals surface area contributed by atoms with Crippen LogP contribution in [0.25, 0.3) is 22.0 Å². The van der Waals surface area contributed by atoms with Crippen LogP contribution in [-0.2, 0) is 4.74 Å². The van der Waals surface area contributed by atoms with Crippen LogP contribution in [0.1, 0.15) is 41.3 Å². The number of aromatic amines is 1. The zero-order chi connectivity index (χ0) is 17.4. The van der Waals surface area contributed by atoms with Crippen molar-refractivity contribution in [3.8, 4) is 11.1 Å². The highest BCUT2D eigenvalue weighted by molar-refractivity contribution is 5.99. The molecular formula is C20H17F2NO2. The number of halogens is 2. The van der Waals surface area contributed by atoms with E-state index in [2.05, 4.69) is 4.98 Å². The highest BCUT2D eigenvalue weighted by Gasteiger charge is 2.20. The summed E-state index contributed by atoms with van der Waals surface area (Å²) in [6, 6.07) is 8.33. The van der Waals surface area contributed by atoms with E-state index in [1.54, 1.807) is 12.1 Å². The van der Waals surface area contributed by atoms with E-state index in [4.69, 9.17) is 4.74 Å². The molecular weight excluding hydrogens is 324 g/mol. The quantitative estimate of drug-likeness (QED) is 0.668. The van der Waals surface area contributed by atoms with Crippen molar-refractivity contribution in [1.29, 1.82) is 0 Å². The van der Waals surface area contributed by atoms with Crippen LogP contribution in [0, 0.1) is 11.6 Å². The van der Waals surface area contributed by atoms with E-state index >= 15 is 0 Å². The summed E-state index contributed by atoms with van der Waals surface area (Å²) < 4.78 is 35.1. The lowest BCUT2D eigenvalue weighted by Gasteiger charge is -2.23. The van der Waals surface area contributed by atoms with Crippen molar-refractivity contribution in [2.75, 3.05) is 6.61 Å².